The molecule has 0 spiro atoms. The van der Waals surface area contributed by atoms with Gasteiger partial charge in [0.15, 0.2) is 12.3 Å². The number of nitrogens with one attached hydrogen (secondary N) is 1. The molecule has 0 saturated carbocycles. The van der Waals surface area contributed by atoms with Crippen molar-refractivity contribution in [3.8, 4) is 0 Å². The van der Waals surface area contributed by atoms with Crippen LogP contribution in [-0.4, -0.2) is 42.1 Å². The molecule has 0 fully saturated rings. The third-order valence-electron chi connectivity index (χ3n) is 4.56. The second-order valence-corrected chi connectivity index (χ2v) is 6.90. The van der Waals surface area contributed by atoms with Crippen LogP contribution in [0.15, 0.2) is 47.6 Å². The van der Waals surface area contributed by atoms with E-state index in [-0.39, 0.29) is 6.61 Å². The zero-order valence-corrected chi connectivity index (χ0v) is 17.5. The molecule has 1 amide bonds. The van der Waals surface area contributed by atoms with Gasteiger partial charge < -0.3 is 9.94 Å². The standard InChI is InChI=1S/C21H25N7O3/c1-3-4-6-11-16-12-13-17(22-19(16)23-21(29)30)14-31-25-18(15-9-7-5-8-10-15)20-24-26-27-28(20)2/h5,7-10,12-13H,3-4,6,11,14H2,1-2H3,(H,22,23)(H,29,30)/b25-18-. The predicted molar refractivity (Wildman–Crippen MR) is 115 cm³/mol. The lowest BCUT2D eigenvalue weighted by molar-refractivity contribution is 0.128. The van der Waals surface area contributed by atoms with Crippen molar-refractivity contribution in [2.45, 2.75) is 39.2 Å². The summed E-state index contributed by atoms with van der Waals surface area (Å²) in [4.78, 5) is 21.1. The molecule has 0 aliphatic heterocycles. The van der Waals surface area contributed by atoms with Crippen LogP contribution in [0.25, 0.3) is 0 Å². The van der Waals surface area contributed by atoms with Crippen molar-refractivity contribution in [2.24, 2.45) is 12.2 Å². The molecule has 0 unspecified atom stereocenters. The first kappa shape index (κ1) is 21.9. The number of aromatic nitrogens is 5. The largest absolute Gasteiger partial charge is 0.465 e. The second-order valence-electron chi connectivity index (χ2n) is 6.90. The number of tetrazole rings is 1. The van der Waals surface area contributed by atoms with Gasteiger partial charge in [0.2, 0.25) is 5.82 Å². The lowest BCUT2D eigenvalue weighted by Crippen LogP contribution is -2.13. The third kappa shape index (κ3) is 6.08. The van der Waals surface area contributed by atoms with Gasteiger partial charge in [-0.25, -0.2) is 14.5 Å². The Bertz CT molecular complexity index is 1030. The normalized spacial score (nSPS) is 11.4. The van der Waals surface area contributed by atoms with Crippen LogP contribution in [0.1, 0.15) is 48.8 Å². The molecule has 0 saturated heterocycles. The number of pyridine rings is 1. The summed E-state index contributed by atoms with van der Waals surface area (Å²) in [6, 6.07) is 13.1. The number of hydrogen-bond donors (Lipinski definition) is 2. The van der Waals surface area contributed by atoms with Crippen LogP contribution in [0.3, 0.4) is 0 Å². The molecular weight excluding hydrogens is 398 g/mol. The van der Waals surface area contributed by atoms with Crippen molar-refractivity contribution in [3.63, 3.8) is 0 Å². The van der Waals surface area contributed by atoms with Crippen LogP contribution in [0.2, 0.25) is 0 Å². The molecular formula is C21H25N7O3. The summed E-state index contributed by atoms with van der Waals surface area (Å²) in [7, 11) is 1.72. The lowest BCUT2D eigenvalue weighted by atomic mass is 10.1. The summed E-state index contributed by atoms with van der Waals surface area (Å²) in [5.74, 6) is 0.785. The Labute approximate surface area is 180 Å². The van der Waals surface area contributed by atoms with Gasteiger partial charge in [-0.05, 0) is 34.9 Å². The minimum Gasteiger partial charge on any atom is -0.465 e. The van der Waals surface area contributed by atoms with Gasteiger partial charge in [0.05, 0.1) is 5.69 Å². The van der Waals surface area contributed by atoms with Gasteiger partial charge in [-0.1, -0.05) is 61.3 Å². The Morgan fingerprint density at radius 2 is 2.00 bits per heavy atom. The van der Waals surface area contributed by atoms with Crippen LogP contribution < -0.4 is 5.32 Å². The highest BCUT2D eigenvalue weighted by Gasteiger charge is 2.15. The number of oxime groups is 1. The number of rotatable bonds is 10. The first-order chi connectivity index (χ1) is 15.1. The zero-order valence-electron chi connectivity index (χ0n) is 17.5. The maximum atomic E-state index is 11.2. The van der Waals surface area contributed by atoms with E-state index in [4.69, 9.17) is 9.94 Å². The van der Waals surface area contributed by atoms with Gasteiger partial charge >= 0.3 is 6.09 Å². The predicted octanol–water partition coefficient (Wildman–Crippen LogP) is 3.40. The molecule has 0 atom stereocenters. The molecule has 0 bridgehead atoms. The molecule has 2 aromatic heterocycles. The topological polar surface area (TPSA) is 127 Å². The van der Waals surface area contributed by atoms with Gasteiger partial charge in [-0.3, -0.25) is 5.32 Å². The second kappa shape index (κ2) is 10.8. The highest BCUT2D eigenvalue weighted by atomic mass is 16.6. The SMILES string of the molecule is CCCCCc1ccc(CO/N=C(/c2ccccc2)c2nnnn2C)nc1NC(=O)O. The zero-order chi connectivity index (χ0) is 22.1. The number of benzene rings is 1. The smallest absolute Gasteiger partial charge is 0.410 e. The molecule has 3 aromatic rings. The van der Waals surface area contributed by atoms with Gasteiger partial charge in [0, 0.05) is 12.6 Å². The summed E-state index contributed by atoms with van der Waals surface area (Å²) in [5.41, 5.74) is 2.69. The summed E-state index contributed by atoms with van der Waals surface area (Å²) in [6.45, 7) is 2.18. The van der Waals surface area contributed by atoms with Gasteiger partial charge in [0.1, 0.15) is 5.82 Å². The fourth-order valence-corrected chi connectivity index (χ4v) is 3.00. The molecule has 162 valence electrons. The van der Waals surface area contributed by atoms with Crippen molar-refractivity contribution in [2.75, 3.05) is 5.32 Å². The minimum absolute atomic E-state index is 0.0607. The highest BCUT2D eigenvalue weighted by molar-refractivity contribution is 6.10. The van der Waals surface area contributed by atoms with Crippen molar-refractivity contribution < 1.29 is 14.7 Å². The van der Waals surface area contributed by atoms with E-state index >= 15 is 0 Å². The molecule has 0 aliphatic rings. The van der Waals surface area contributed by atoms with Crippen molar-refractivity contribution >= 4 is 17.6 Å². The average Bonchev–Trinajstić information content (AvgIpc) is 3.18. The van der Waals surface area contributed by atoms with Gasteiger partial charge in [0.25, 0.3) is 0 Å². The summed E-state index contributed by atoms with van der Waals surface area (Å²) in [6.07, 6.45) is 2.74. The lowest BCUT2D eigenvalue weighted by Gasteiger charge is -2.10. The van der Waals surface area contributed by atoms with E-state index in [1.807, 2.05) is 42.5 Å². The van der Waals surface area contributed by atoms with E-state index < -0.39 is 6.09 Å². The quantitative estimate of drug-likeness (QED) is 0.291. The third-order valence-corrected chi connectivity index (χ3v) is 4.56. The first-order valence-electron chi connectivity index (χ1n) is 10.0. The molecule has 2 N–H and O–H groups in total. The summed E-state index contributed by atoms with van der Waals surface area (Å²) < 4.78 is 1.51. The van der Waals surface area contributed by atoms with Crippen LogP contribution in [0, 0.1) is 0 Å². The molecule has 0 aliphatic carbocycles. The number of nitrogens with zero attached hydrogens (tertiary/aromatic N) is 6. The Morgan fingerprint density at radius 3 is 2.68 bits per heavy atom. The molecule has 31 heavy (non-hydrogen) atoms. The van der Waals surface area contributed by atoms with Gasteiger partial charge in [-0.15, -0.1) is 5.10 Å². The van der Waals surface area contributed by atoms with E-state index in [2.05, 4.69) is 37.9 Å². The highest BCUT2D eigenvalue weighted by Crippen LogP contribution is 2.18. The van der Waals surface area contributed by atoms with E-state index in [1.54, 1.807) is 7.05 Å². The number of anilines is 1. The van der Waals surface area contributed by atoms with Crippen LogP contribution >= 0.6 is 0 Å². The van der Waals surface area contributed by atoms with E-state index in [0.29, 0.717) is 23.0 Å². The fraction of sp³-hybridized carbons (Fsp3) is 0.333. The number of aryl methyl sites for hydroxylation is 2. The van der Waals surface area contributed by atoms with E-state index in [9.17, 15) is 4.79 Å². The van der Waals surface area contributed by atoms with E-state index in [0.717, 1.165) is 36.8 Å². The molecule has 0 radical (unpaired) electrons. The average molecular weight is 423 g/mol. The van der Waals surface area contributed by atoms with Crippen molar-refractivity contribution in [1.82, 2.24) is 25.2 Å². The summed E-state index contributed by atoms with van der Waals surface area (Å²) >= 11 is 0. The van der Waals surface area contributed by atoms with Crippen molar-refractivity contribution in [3.05, 3.63) is 65.1 Å². The molecule has 10 nitrogen and oxygen atoms in total. The Morgan fingerprint density at radius 1 is 1.19 bits per heavy atom. The molecule has 2 heterocycles. The van der Waals surface area contributed by atoms with Crippen LogP contribution in [0.5, 0.6) is 0 Å². The number of unbranched alkanes of at least 4 members (excludes halogenated alkanes) is 2. The Balaban J connectivity index is 1.78. The molecule has 1 aromatic carbocycles. The fourth-order valence-electron chi connectivity index (χ4n) is 3.00. The van der Waals surface area contributed by atoms with Crippen LogP contribution in [0.4, 0.5) is 10.6 Å². The van der Waals surface area contributed by atoms with Crippen LogP contribution in [-0.2, 0) is 24.9 Å². The monoisotopic (exact) mass is 423 g/mol. The number of amides is 1. The minimum atomic E-state index is -1.15. The Hall–Kier alpha value is -3.82. The number of carboxylic acid groups (broad SMARTS) is 1. The Kier molecular flexibility index (Phi) is 7.63. The summed E-state index contributed by atoms with van der Waals surface area (Å²) in [5, 5.41) is 27.3. The van der Waals surface area contributed by atoms with Gasteiger partial charge in [-0.2, -0.15) is 0 Å². The maximum Gasteiger partial charge on any atom is 0.410 e. The molecule has 3 rings (SSSR count). The van der Waals surface area contributed by atoms with Crippen molar-refractivity contribution in [1.29, 1.82) is 0 Å². The first-order valence-corrected chi connectivity index (χ1v) is 10.0. The number of hydrogen-bond acceptors (Lipinski definition) is 7. The number of carbonyl (C=O) groups is 1. The molecule has 10 heteroatoms. The van der Waals surface area contributed by atoms with E-state index in [1.165, 1.54) is 4.68 Å². The maximum absolute atomic E-state index is 11.2.